The normalized spacial score (nSPS) is 12.8. The minimum atomic E-state index is -2.09. The van der Waals surface area contributed by atoms with Gasteiger partial charge in [-0.1, -0.05) is 108 Å². The van der Waals surface area contributed by atoms with Gasteiger partial charge in [0.15, 0.2) is 0 Å². The number of fused-ring (bicyclic) bond motifs is 4. The van der Waals surface area contributed by atoms with Gasteiger partial charge in [0, 0.05) is 52.6 Å². The average molecular weight is 864 g/mol. The van der Waals surface area contributed by atoms with Gasteiger partial charge in [-0.3, -0.25) is 9.97 Å². The Morgan fingerprint density at radius 2 is 1.52 bits per heavy atom. The van der Waals surface area contributed by atoms with Crippen LogP contribution in [-0.2, 0) is 25.5 Å². The van der Waals surface area contributed by atoms with E-state index in [2.05, 4.69) is 113 Å². The van der Waals surface area contributed by atoms with E-state index in [1.165, 1.54) is 23.0 Å². The Morgan fingerprint density at radius 3 is 2.17 bits per heavy atom. The van der Waals surface area contributed by atoms with Crippen LogP contribution in [0.15, 0.2) is 114 Å². The number of hydrogen-bond donors (Lipinski definition) is 0. The minimum Gasteiger partial charge on any atom is -0.501 e. The molecule has 0 fully saturated rings. The predicted molar refractivity (Wildman–Crippen MR) is 211 cm³/mol. The van der Waals surface area contributed by atoms with Gasteiger partial charge in [0.25, 0.3) is 0 Å². The number of aryl methyl sites for hydroxylation is 1. The van der Waals surface area contributed by atoms with E-state index in [-0.39, 0.29) is 31.1 Å². The molecule has 0 spiro atoms. The van der Waals surface area contributed by atoms with Gasteiger partial charge in [0.05, 0.1) is 28.6 Å². The third-order valence-electron chi connectivity index (χ3n) is 9.19. The Labute approximate surface area is 324 Å². The summed E-state index contributed by atoms with van der Waals surface area (Å²) in [5, 5.41) is 2.17. The van der Waals surface area contributed by atoms with E-state index in [0.29, 0.717) is 11.8 Å². The zero-order valence-corrected chi connectivity index (χ0v) is 33.0. The summed E-state index contributed by atoms with van der Waals surface area (Å²) in [6, 6.07) is 38.3. The second-order valence-electron chi connectivity index (χ2n) is 14.6. The molecular formula is C46H44IrN4O-2. The monoisotopic (exact) mass is 864 g/mol. The summed E-state index contributed by atoms with van der Waals surface area (Å²) in [6.07, 6.45) is 3.38. The van der Waals surface area contributed by atoms with Crippen LogP contribution in [0.3, 0.4) is 0 Å². The fraction of sp³-hybridized carbons (Fsp3) is 0.239. The average Bonchev–Trinajstić information content (AvgIpc) is 3.73. The smallest absolute Gasteiger partial charge is 0.120 e. The number of para-hydroxylation sites is 2. The Kier molecular flexibility index (Phi) is 9.50. The van der Waals surface area contributed by atoms with Crippen LogP contribution in [-0.4, -0.2) is 19.5 Å². The molecule has 1 radical (unpaired) electrons. The summed E-state index contributed by atoms with van der Waals surface area (Å²) in [7, 11) is 0. The fourth-order valence-electron chi connectivity index (χ4n) is 6.51. The van der Waals surface area contributed by atoms with E-state index in [1.54, 1.807) is 18.2 Å². The SMILES string of the molecule is CC(C)c1cccc(C(C)C)c1-n1c(-c2[c-]ccc3c2oc2ccccc23)nc2cc(C(C)(C)C)ncc21.[2H]C([2H])([2H])c1ccc(-c2[c-]cccc2)nc1.[Ir]. The van der Waals surface area contributed by atoms with Crippen molar-refractivity contribution in [2.75, 3.05) is 0 Å². The Bertz CT molecular complexity index is 2560. The van der Waals surface area contributed by atoms with Gasteiger partial charge in [-0.2, -0.15) is 0 Å². The maximum Gasteiger partial charge on any atom is 0.120 e. The largest absolute Gasteiger partial charge is 0.501 e. The van der Waals surface area contributed by atoms with Gasteiger partial charge >= 0.3 is 0 Å². The summed E-state index contributed by atoms with van der Waals surface area (Å²) in [4.78, 5) is 14.3. The van der Waals surface area contributed by atoms with Gasteiger partial charge in [-0.15, -0.1) is 54.1 Å². The molecule has 4 aromatic heterocycles. The van der Waals surface area contributed by atoms with Crippen molar-refractivity contribution < 1.29 is 28.6 Å². The molecule has 0 aliphatic heterocycles. The van der Waals surface area contributed by atoms with Crippen molar-refractivity contribution in [2.24, 2.45) is 0 Å². The second-order valence-corrected chi connectivity index (χ2v) is 14.6. The molecule has 265 valence electrons. The predicted octanol–water partition coefficient (Wildman–Crippen LogP) is 12.2. The summed E-state index contributed by atoms with van der Waals surface area (Å²) in [6.45, 7) is 13.5. The summed E-state index contributed by atoms with van der Waals surface area (Å²) >= 11 is 0. The van der Waals surface area contributed by atoms with Gasteiger partial charge in [-0.25, -0.2) is 0 Å². The number of imidazole rings is 1. The summed E-state index contributed by atoms with van der Waals surface area (Å²) in [5.74, 6) is 1.50. The summed E-state index contributed by atoms with van der Waals surface area (Å²) < 4.78 is 30.5. The molecule has 0 saturated carbocycles. The van der Waals surface area contributed by atoms with Crippen LogP contribution in [0.25, 0.3) is 61.3 Å². The van der Waals surface area contributed by atoms with Gasteiger partial charge in [0.2, 0.25) is 0 Å². The van der Waals surface area contributed by atoms with Crippen molar-refractivity contribution in [1.29, 1.82) is 0 Å². The first kappa shape index (κ1) is 33.0. The van der Waals surface area contributed by atoms with Gasteiger partial charge in [0.1, 0.15) is 5.58 Å². The molecule has 4 heterocycles. The Hall–Kier alpha value is -4.90. The molecule has 0 saturated heterocycles. The zero-order valence-electron chi connectivity index (χ0n) is 33.6. The van der Waals surface area contributed by atoms with E-state index >= 15 is 0 Å². The van der Waals surface area contributed by atoms with Crippen molar-refractivity contribution >= 4 is 33.0 Å². The molecule has 8 aromatic rings. The third kappa shape index (κ3) is 7.11. The number of rotatable bonds is 5. The number of benzene rings is 4. The molecule has 0 aliphatic carbocycles. The fourth-order valence-corrected chi connectivity index (χ4v) is 6.51. The maximum atomic E-state index is 7.23. The van der Waals surface area contributed by atoms with E-state index in [9.17, 15) is 0 Å². The number of furan rings is 1. The molecule has 0 atom stereocenters. The van der Waals surface area contributed by atoms with Crippen LogP contribution >= 0.6 is 0 Å². The molecule has 6 heteroatoms. The van der Waals surface area contributed by atoms with Crippen LogP contribution < -0.4 is 0 Å². The molecule has 0 N–H and O–H groups in total. The van der Waals surface area contributed by atoms with E-state index in [0.717, 1.165) is 61.3 Å². The first-order valence-electron chi connectivity index (χ1n) is 19.0. The molecule has 5 nitrogen and oxygen atoms in total. The molecule has 52 heavy (non-hydrogen) atoms. The number of pyridine rings is 2. The van der Waals surface area contributed by atoms with Crippen molar-refractivity contribution in [2.45, 2.75) is 72.6 Å². The minimum absolute atomic E-state index is 0. The van der Waals surface area contributed by atoms with Crippen LogP contribution in [0.2, 0.25) is 0 Å². The van der Waals surface area contributed by atoms with E-state index in [4.69, 9.17) is 18.5 Å². The first-order chi connectivity index (χ1) is 25.7. The van der Waals surface area contributed by atoms with Crippen molar-refractivity contribution in [3.8, 4) is 28.3 Å². The van der Waals surface area contributed by atoms with Gasteiger partial charge in [-0.05, 0) is 53.2 Å². The zero-order chi connectivity index (χ0) is 38.4. The number of nitrogens with zero attached hydrogens (tertiary/aromatic N) is 4. The quantitative estimate of drug-likeness (QED) is 0.162. The Morgan fingerprint density at radius 1 is 0.769 bits per heavy atom. The number of hydrogen-bond acceptors (Lipinski definition) is 4. The molecule has 4 aromatic carbocycles. The topological polar surface area (TPSA) is 56.7 Å². The van der Waals surface area contributed by atoms with Crippen LogP contribution in [0.4, 0.5) is 0 Å². The van der Waals surface area contributed by atoms with Crippen molar-refractivity contribution in [3.05, 3.63) is 144 Å². The first-order valence-corrected chi connectivity index (χ1v) is 17.5. The maximum absolute atomic E-state index is 7.23. The molecule has 8 rings (SSSR count). The van der Waals surface area contributed by atoms with E-state index < -0.39 is 6.85 Å². The molecule has 0 bridgehead atoms. The molecule has 0 aliphatic rings. The third-order valence-corrected chi connectivity index (χ3v) is 9.19. The van der Waals surface area contributed by atoms with Crippen molar-refractivity contribution in [3.63, 3.8) is 0 Å². The van der Waals surface area contributed by atoms with Gasteiger partial charge < -0.3 is 14.0 Å². The molecule has 0 unspecified atom stereocenters. The Balaban J connectivity index is 0.000000254. The van der Waals surface area contributed by atoms with Crippen LogP contribution in [0.5, 0.6) is 0 Å². The molecular weight excluding hydrogens is 817 g/mol. The van der Waals surface area contributed by atoms with E-state index in [1.807, 2.05) is 42.6 Å². The molecule has 0 amide bonds. The van der Waals surface area contributed by atoms with Crippen molar-refractivity contribution in [1.82, 2.24) is 19.5 Å². The number of aromatic nitrogens is 4. The van der Waals surface area contributed by atoms with Crippen LogP contribution in [0, 0.1) is 19.0 Å². The standard InChI is InChI=1S/C34H34N3O.C12H10N.Ir/c1-20(2)22-13-10-14-23(21(3)4)31(22)37-28-19-35-30(34(5,6)7)18-27(28)36-33(37)26-16-11-15-25-24-12-8-9-17-29(24)38-32(25)26;1-10-7-8-12(13-9-10)11-5-3-2-4-6-11;/h8-15,17-21H,1-7H3;2-5,7-9H,1H3;/q2*-1;/i;1D3;. The van der Waals surface area contributed by atoms with Crippen LogP contribution in [0.1, 0.15) is 86.8 Å². The second kappa shape index (κ2) is 15.0. The summed E-state index contributed by atoms with van der Waals surface area (Å²) in [5.41, 5.74) is 11.0.